The number of rotatable bonds is 6. The Bertz CT molecular complexity index is 539. The highest BCUT2D eigenvalue weighted by molar-refractivity contribution is 5.81. The van der Waals surface area contributed by atoms with E-state index in [0.29, 0.717) is 5.92 Å². The molecule has 1 saturated heterocycles. The van der Waals surface area contributed by atoms with Gasteiger partial charge in [0, 0.05) is 5.56 Å². The van der Waals surface area contributed by atoms with Crippen LogP contribution < -0.4 is 10.1 Å². The molecule has 0 aliphatic carbocycles. The van der Waals surface area contributed by atoms with Crippen LogP contribution in [0.3, 0.4) is 0 Å². The Morgan fingerprint density at radius 3 is 2.46 bits per heavy atom. The predicted octanol–water partition coefficient (Wildman–Crippen LogP) is 2.35. The number of aliphatic hydroxyl groups excluding tert-OH is 1. The SMILES string of the molecule is COc1ccccc1C(C)NC(=O)C(C)N1CCC(C(C)O)CC1. The number of nitrogens with zero attached hydrogens (tertiary/aromatic N) is 1. The number of para-hydroxylation sites is 1. The van der Waals surface area contributed by atoms with Gasteiger partial charge < -0.3 is 15.2 Å². The summed E-state index contributed by atoms with van der Waals surface area (Å²) in [5, 5.41) is 12.8. The van der Waals surface area contributed by atoms with Gasteiger partial charge in [0.1, 0.15) is 5.75 Å². The van der Waals surface area contributed by atoms with Gasteiger partial charge in [0.05, 0.1) is 25.3 Å². The number of carbonyl (C=O) groups is 1. The van der Waals surface area contributed by atoms with E-state index in [4.69, 9.17) is 4.74 Å². The van der Waals surface area contributed by atoms with E-state index >= 15 is 0 Å². The minimum atomic E-state index is -0.262. The minimum absolute atomic E-state index is 0.0314. The molecule has 0 saturated carbocycles. The largest absolute Gasteiger partial charge is 0.496 e. The molecule has 2 rings (SSSR count). The molecule has 3 atom stereocenters. The van der Waals surface area contributed by atoms with Crippen molar-refractivity contribution in [3.05, 3.63) is 29.8 Å². The van der Waals surface area contributed by atoms with Gasteiger partial charge in [-0.3, -0.25) is 9.69 Å². The third-order valence-electron chi connectivity index (χ3n) is 5.15. The summed E-state index contributed by atoms with van der Waals surface area (Å²) in [6.07, 6.45) is 1.62. The highest BCUT2D eigenvalue weighted by Crippen LogP contribution is 2.25. The number of amides is 1. The first-order valence-electron chi connectivity index (χ1n) is 8.79. The molecule has 1 heterocycles. The lowest BCUT2D eigenvalue weighted by Crippen LogP contribution is -2.49. The molecule has 0 aromatic heterocycles. The van der Waals surface area contributed by atoms with E-state index < -0.39 is 0 Å². The standard InChI is InChI=1S/C19H30N2O3/c1-13(17-7-5-6-8-18(17)24-4)20-19(23)14(2)21-11-9-16(10-12-21)15(3)22/h5-8,13-16,22H,9-12H2,1-4H3,(H,20,23). The summed E-state index contributed by atoms with van der Waals surface area (Å²) in [6, 6.07) is 7.48. The summed E-state index contributed by atoms with van der Waals surface area (Å²) in [7, 11) is 1.64. The van der Waals surface area contributed by atoms with Crippen LogP contribution in [0.5, 0.6) is 5.75 Å². The van der Waals surface area contributed by atoms with Crippen molar-refractivity contribution >= 4 is 5.91 Å². The van der Waals surface area contributed by atoms with Crippen molar-refractivity contribution < 1.29 is 14.6 Å². The van der Waals surface area contributed by atoms with Gasteiger partial charge in [-0.2, -0.15) is 0 Å². The summed E-state index contributed by atoms with van der Waals surface area (Å²) in [6.45, 7) is 7.49. The lowest BCUT2D eigenvalue weighted by Gasteiger charge is -2.36. The zero-order chi connectivity index (χ0) is 17.7. The van der Waals surface area contributed by atoms with E-state index in [9.17, 15) is 9.90 Å². The molecule has 0 radical (unpaired) electrons. The molecule has 1 aliphatic heterocycles. The van der Waals surface area contributed by atoms with Gasteiger partial charge in [-0.15, -0.1) is 0 Å². The van der Waals surface area contributed by atoms with Crippen molar-refractivity contribution in [3.63, 3.8) is 0 Å². The number of aliphatic hydroxyl groups is 1. The molecular weight excluding hydrogens is 304 g/mol. The average Bonchev–Trinajstić information content (AvgIpc) is 2.60. The molecule has 0 spiro atoms. The second-order valence-electron chi connectivity index (χ2n) is 6.76. The second kappa shape index (κ2) is 8.49. The highest BCUT2D eigenvalue weighted by Gasteiger charge is 2.29. The van der Waals surface area contributed by atoms with Crippen LogP contribution in [0.1, 0.15) is 45.2 Å². The molecule has 1 aliphatic rings. The van der Waals surface area contributed by atoms with Crippen LogP contribution in [0.15, 0.2) is 24.3 Å². The molecule has 3 unspecified atom stereocenters. The van der Waals surface area contributed by atoms with Gasteiger partial charge in [-0.05, 0) is 58.7 Å². The fourth-order valence-corrected chi connectivity index (χ4v) is 3.39. The van der Waals surface area contributed by atoms with E-state index in [1.807, 2.05) is 45.0 Å². The predicted molar refractivity (Wildman–Crippen MR) is 95.0 cm³/mol. The second-order valence-corrected chi connectivity index (χ2v) is 6.76. The van der Waals surface area contributed by atoms with Crippen LogP contribution >= 0.6 is 0 Å². The Kier molecular flexibility index (Phi) is 6.63. The number of piperidine rings is 1. The lowest BCUT2D eigenvalue weighted by atomic mass is 9.91. The van der Waals surface area contributed by atoms with Crippen LogP contribution in [-0.2, 0) is 4.79 Å². The van der Waals surface area contributed by atoms with Crippen molar-refractivity contribution in [3.8, 4) is 5.75 Å². The summed E-state index contributed by atoms with van der Waals surface area (Å²) in [5.41, 5.74) is 0.980. The zero-order valence-electron chi connectivity index (χ0n) is 15.2. The monoisotopic (exact) mass is 334 g/mol. The molecule has 24 heavy (non-hydrogen) atoms. The lowest BCUT2D eigenvalue weighted by molar-refractivity contribution is -0.127. The molecule has 5 heteroatoms. The Balaban J connectivity index is 1.92. The number of carbonyl (C=O) groups excluding carboxylic acids is 1. The Morgan fingerprint density at radius 1 is 1.25 bits per heavy atom. The van der Waals surface area contributed by atoms with Gasteiger partial charge in [0.25, 0.3) is 0 Å². The number of hydrogen-bond acceptors (Lipinski definition) is 4. The maximum atomic E-state index is 12.6. The van der Waals surface area contributed by atoms with Crippen LogP contribution in [-0.4, -0.2) is 48.3 Å². The molecule has 2 N–H and O–H groups in total. The number of hydrogen-bond donors (Lipinski definition) is 2. The third-order valence-corrected chi connectivity index (χ3v) is 5.15. The van der Waals surface area contributed by atoms with Crippen LogP contribution in [0, 0.1) is 5.92 Å². The molecule has 1 aromatic carbocycles. The first kappa shape index (κ1) is 18.7. The number of nitrogens with one attached hydrogen (secondary N) is 1. The first-order chi connectivity index (χ1) is 11.4. The van der Waals surface area contributed by atoms with Crippen molar-refractivity contribution in [1.29, 1.82) is 0 Å². The Morgan fingerprint density at radius 2 is 1.88 bits per heavy atom. The van der Waals surface area contributed by atoms with Gasteiger partial charge in [-0.1, -0.05) is 18.2 Å². The highest BCUT2D eigenvalue weighted by atomic mass is 16.5. The van der Waals surface area contributed by atoms with E-state index in [1.165, 1.54) is 0 Å². The maximum Gasteiger partial charge on any atom is 0.237 e. The Labute approximate surface area is 145 Å². The number of ether oxygens (including phenoxy) is 1. The number of benzene rings is 1. The molecule has 1 amide bonds. The normalized spacial score (nSPS) is 20.2. The first-order valence-corrected chi connectivity index (χ1v) is 8.79. The quantitative estimate of drug-likeness (QED) is 0.838. The molecule has 5 nitrogen and oxygen atoms in total. The molecule has 1 fully saturated rings. The topological polar surface area (TPSA) is 61.8 Å². The number of methoxy groups -OCH3 is 1. The third kappa shape index (κ3) is 4.48. The summed E-state index contributed by atoms with van der Waals surface area (Å²) in [5.74, 6) is 1.17. The van der Waals surface area contributed by atoms with Gasteiger partial charge >= 0.3 is 0 Å². The summed E-state index contributed by atoms with van der Waals surface area (Å²) < 4.78 is 5.37. The fraction of sp³-hybridized carbons (Fsp3) is 0.632. The maximum absolute atomic E-state index is 12.6. The molecular formula is C19H30N2O3. The molecule has 134 valence electrons. The van der Waals surface area contributed by atoms with E-state index in [1.54, 1.807) is 7.11 Å². The fourth-order valence-electron chi connectivity index (χ4n) is 3.39. The van der Waals surface area contributed by atoms with Crippen molar-refractivity contribution in [2.45, 2.75) is 51.8 Å². The number of likely N-dealkylation sites (tertiary alicyclic amines) is 1. The average molecular weight is 334 g/mol. The Hall–Kier alpha value is -1.59. The smallest absolute Gasteiger partial charge is 0.237 e. The van der Waals surface area contributed by atoms with Crippen molar-refractivity contribution in [2.24, 2.45) is 5.92 Å². The van der Waals surface area contributed by atoms with Crippen LogP contribution in [0.2, 0.25) is 0 Å². The van der Waals surface area contributed by atoms with Crippen LogP contribution in [0.4, 0.5) is 0 Å². The van der Waals surface area contributed by atoms with Gasteiger partial charge in [0.15, 0.2) is 0 Å². The molecule has 0 bridgehead atoms. The van der Waals surface area contributed by atoms with E-state index in [-0.39, 0.29) is 24.1 Å². The minimum Gasteiger partial charge on any atom is -0.496 e. The van der Waals surface area contributed by atoms with E-state index in [0.717, 1.165) is 37.2 Å². The molecule has 1 aromatic rings. The van der Waals surface area contributed by atoms with Crippen LogP contribution in [0.25, 0.3) is 0 Å². The van der Waals surface area contributed by atoms with Crippen molar-refractivity contribution in [2.75, 3.05) is 20.2 Å². The zero-order valence-corrected chi connectivity index (χ0v) is 15.2. The van der Waals surface area contributed by atoms with Gasteiger partial charge in [-0.25, -0.2) is 0 Å². The van der Waals surface area contributed by atoms with E-state index in [2.05, 4.69) is 10.2 Å². The summed E-state index contributed by atoms with van der Waals surface area (Å²) >= 11 is 0. The summed E-state index contributed by atoms with van der Waals surface area (Å²) in [4.78, 5) is 14.8. The van der Waals surface area contributed by atoms with Gasteiger partial charge in [0.2, 0.25) is 5.91 Å². The van der Waals surface area contributed by atoms with Crippen molar-refractivity contribution in [1.82, 2.24) is 10.2 Å².